The number of aliphatic hydroxyl groups is 1. The van der Waals surface area contributed by atoms with E-state index in [0.29, 0.717) is 17.3 Å². The van der Waals surface area contributed by atoms with Crippen molar-refractivity contribution in [1.82, 2.24) is 14.3 Å². The molecule has 6 nitrogen and oxygen atoms in total. The highest BCUT2D eigenvalue weighted by molar-refractivity contribution is 5.53. The van der Waals surface area contributed by atoms with Crippen molar-refractivity contribution >= 4 is 0 Å². The molecule has 0 aliphatic carbocycles. The van der Waals surface area contributed by atoms with Crippen LogP contribution in [0, 0.1) is 0 Å². The van der Waals surface area contributed by atoms with Crippen molar-refractivity contribution in [1.29, 1.82) is 0 Å². The molecule has 2 aromatic rings. The Morgan fingerprint density at radius 1 is 1.30 bits per heavy atom. The molecule has 23 heavy (non-hydrogen) atoms. The summed E-state index contributed by atoms with van der Waals surface area (Å²) in [5.41, 5.74) is 0.828. The SMILES string of the molecule is CC(C)(C)c1ccc2c(c1)-n1c(nn(CCO)c1=O)C(C)(C)O2. The lowest BCUT2D eigenvalue weighted by Crippen LogP contribution is -2.36. The zero-order valence-electron chi connectivity index (χ0n) is 14.3. The molecule has 1 aromatic heterocycles. The Bertz CT molecular complexity index is 809. The summed E-state index contributed by atoms with van der Waals surface area (Å²) in [6, 6.07) is 5.93. The van der Waals surface area contributed by atoms with Gasteiger partial charge in [-0.25, -0.2) is 14.0 Å². The summed E-state index contributed by atoms with van der Waals surface area (Å²) in [6.07, 6.45) is 0. The molecule has 0 saturated heterocycles. The van der Waals surface area contributed by atoms with Gasteiger partial charge in [-0.1, -0.05) is 26.8 Å². The number of fused-ring (bicyclic) bond motifs is 3. The molecule has 0 atom stereocenters. The maximum Gasteiger partial charge on any atom is 0.350 e. The Balaban J connectivity index is 2.28. The first-order valence-electron chi connectivity index (χ1n) is 7.80. The fourth-order valence-corrected chi connectivity index (χ4v) is 2.82. The molecule has 1 aromatic carbocycles. The summed E-state index contributed by atoms with van der Waals surface area (Å²) in [6.45, 7) is 10.2. The van der Waals surface area contributed by atoms with Gasteiger partial charge in [0, 0.05) is 0 Å². The molecule has 2 heterocycles. The van der Waals surface area contributed by atoms with Crippen LogP contribution >= 0.6 is 0 Å². The van der Waals surface area contributed by atoms with E-state index in [2.05, 4.69) is 25.9 Å². The van der Waals surface area contributed by atoms with Crippen LogP contribution in [0.15, 0.2) is 23.0 Å². The Labute approximate surface area is 135 Å². The smallest absolute Gasteiger partial charge is 0.350 e. The molecular formula is C17H23N3O3. The lowest BCUT2D eigenvalue weighted by molar-refractivity contribution is 0.0859. The van der Waals surface area contributed by atoms with Gasteiger partial charge < -0.3 is 9.84 Å². The standard InChI is InChI=1S/C17H23N3O3/c1-16(2,3)11-6-7-13-12(10-11)20-14(17(4,5)23-13)18-19(8-9-21)15(20)22/h6-7,10,21H,8-9H2,1-5H3. The van der Waals surface area contributed by atoms with Crippen molar-refractivity contribution in [3.8, 4) is 11.4 Å². The number of aromatic nitrogens is 3. The molecule has 124 valence electrons. The van der Waals surface area contributed by atoms with E-state index < -0.39 is 5.60 Å². The van der Waals surface area contributed by atoms with Crippen LogP contribution in [-0.4, -0.2) is 26.1 Å². The van der Waals surface area contributed by atoms with Gasteiger partial charge in [-0.15, -0.1) is 0 Å². The Hall–Kier alpha value is -2.08. The lowest BCUT2D eigenvalue weighted by Gasteiger charge is -2.32. The van der Waals surface area contributed by atoms with Crippen LogP contribution in [0.1, 0.15) is 46.0 Å². The average Bonchev–Trinajstić information content (AvgIpc) is 2.76. The van der Waals surface area contributed by atoms with Crippen LogP contribution in [0.25, 0.3) is 5.69 Å². The van der Waals surface area contributed by atoms with Gasteiger partial charge in [-0.2, -0.15) is 5.10 Å². The minimum atomic E-state index is -0.712. The first-order chi connectivity index (χ1) is 10.6. The highest BCUT2D eigenvalue weighted by Gasteiger charge is 2.37. The number of aliphatic hydroxyl groups excluding tert-OH is 1. The van der Waals surface area contributed by atoms with E-state index >= 15 is 0 Å². The molecule has 6 heteroatoms. The average molecular weight is 317 g/mol. The number of nitrogens with zero attached hydrogens (tertiary/aromatic N) is 3. The predicted octanol–water partition coefficient (Wildman–Crippen LogP) is 1.95. The third-order valence-electron chi connectivity index (χ3n) is 4.12. The second-order valence-electron chi connectivity index (χ2n) is 7.43. The fraction of sp³-hybridized carbons (Fsp3) is 0.529. The largest absolute Gasteiger partial charge is 0.478 e. The van der Waals surface area contributed by atoms with Crippen LogP contribution < -0.4 is 10.4 Å². The molecule has 3 rings (SSSR count). The third kappa shape index (κ3) is 2.47. The number of hydrogen-bond donors (Lipinski definition) is 1. The van der Waals surface area contributed by atoms with Crippen molar-refractivity contribution in [2.24, 2.45) is 0 Å². The van der Waals surface area contributed by atoms with Crippen molar-refractivity contribution in [3.63, 3.8) is 0 Å². The fourth-order valence-electron chi connectivity index (χ4n) is 2.82. The number of benzene rings is 1. The molecule has 0 saturated carbocycles. The third-order valence-corrected chi connectivity index (χ3v) is 4.12. The molecule has 1 N–H and O–H groups in total. The molecule has 0 bridgehead atoms. The van der Waals surface area contributed by atoms with E-state index in [1.165, 1.54) is 4.68 Å². The van der Waals surface area contributed by atoms with Gasteiger partial charge in [0.05, 0.1) is 18.8 Å². The summed E-state index contributed by atoms with van der Waals surface area (Å²) in [7, 11) is 0. The van der Waals surface area contributed by atoms with Crippen molar-refractivity contribution in [3.05, 3.63) is 40.1 Å². The maximum atomic E-state index is 12.7. The first-order valence-corrected chi connectivity index (χ1v) is 7.80. The summed E-state index contributed by atoms with van der Waals surface area (Å²) in [5, 5.41) is 13.5. The van der Waals surface area contributed by atoms with E-state index in [9.17, 15) is 4.79 Å². The minimum Gasteiger partial charge on any atom is -0.478 e. The Morgan fingerprint density at radius 3 is 2.61 bits per heavy atom. The molecule has 0 unspecified atom stereocenters. The molecule has 1 aliphatic heterocycles. The quantitative estimate of drug-likeness (QED) is 0.919. The van der Waals surface area contributed by atoms with Crippen molar-refractivity contribution in [2.45, 2.75) is 52.2 Å². The first kappa shape index (κ1) is 15.8. The second-order valence-corrected chi connectivity index (χ2v) is 7.43. The molecular weight excluding hydrogens is 294 g/mol. The van der Waals surface area contributed by atoms with Gasteiger partial charge in [-0.05, 0) is 37.0 Å². The number of hydrogen-bond acceptors (Lipinski definition) is 4. The van der Waals surface area contributed by atoms with Crippen molar-refractivity contribution in [2.75, 3.05) is 6.61 Å². The monoisotopic (exact) mass is 317 g/mol. The Kier molecular flexibility index (Phi) is 3.41. The van der Waals surface area contributed by atoms with Gasteiger partial charge in [0.25, 0.3) is 0 Å². The van der Waals surface area contributed by atoms with Crippen LogP contribution in [0.2, 0.25) is 0 Å². The summed E-state index contributed by atoms with van der Waals surface area (Å²) in [5.74, 6) is 1.22. The zero-order chi connectivity index (χ0) is 17.0. The topological polar surface area (TPSA) is 69.3 Å². The maximum absolute atomic E-state index is 12.7. The van der Waals surface area contributed by atoms with E-state index in [0.717, 1.165) is 5.56 Å². The van der Waals surface area contributed by atoms with Crippen molar-refractivity contribution < 1.29 is 9.84 Å². The normalized spacial score (nSPS) is 15.7. The van der Waals surface area contributed by atoms with E-state index in [1.807, 2.05) is 32.0 Å². The van der Waals surface area contributed by atoms with Gasteiger partial charge in [-0.3, -0.25) is 0 Å². The number of ether oxygens (including phenoxy) is 1. The molecule has 0 fully saturated rings. The van der Waals surface area contributed by atoms with Crippen LogP contribution in [0.3, 0.4) is 0 Å². The summed E-state index contributed by atoms with van der Waals surface area (Å²) in [4.78, 5) is 12.7. The number of rotatable bonds is 2. The highest BCUT2D eigenvalue weighted by Crippen LogP contribution is 2.38. The van der Waals surface area contributed by atoms with Crippen LogP contribution in [0.5, 0.6) is 5.75 Å². The van der Waals surface area contributed by atoms with Gasteiger partial charge in [0.1, 0.15) is 5.75 Å². The second kappa shape index (κ2) is 4.96. The zero-order valence-corrected chi connectivity index (χ0v) is 14.3. The molecule has 0 amide bonds. The van der Waals surface area contributed by atoms with Gasteiger partial charge in [0.2, 0.25) is 0 Å². The van der Waals surface area contributed by atoms with Crippen LogP contribution in [-0.2, 0) is 17.6 Å². The highest BCUT2D eigenvalue weighted by atomic mass is 16.5. The molecule has 0 spiro atoms. The van der Waals surface area contributed by atoms with Gasteiger partial charge >= 0.3 is 5.69 Å². The minimum absolute atomic E-state index is 0.0349. The van der Waals surface area contributed by atoms with Gasteiger partial charge in [0.15, 0.2) is 11.4 Å². The molecule has 1 aliphatic rings. The predicted molar refractivity (Wildman–Crippen MR) is 87.3 cm³/mol. The van der Waals surface area contributed by atoms with E-state index in [1.54, 1.807) is 4.57 Å². The lowest BCUT2D eigenvalue weighted by atomic mass is 9.86. The van der Waals surface area contributed by atoms with Crippen LogP contribution in [0.4, 0.5) is 0 Å². The molecule has 0 radical (unpaired) electrons. The van der Waals surface area contributed by atoms with E-state index in [4.69, 9.17) is 9.84 Å². The summed E-state index contributed by atoms with van der Waals surface area (Å²) >= 11 is 0. The summed E-state index contributed by atoms with van der Waals surface area (Å²) < 4.78 is 8.95. The Morgan fingerprint density at radius 2 is 2.00 bits per heavy atom. The van der Waals surface area contributed by atoms with E-state index in [-0.39, 0.29) is 24.3 Å².